The van der Waals surface area contributed by atoms with Crippen molar-refractivity contribution < 1.29 is 4.79 Å². The second-order valence-corrected chi connectivity index (χ2v) is 3.57. The molecule has 0 spiro atoms. The van der Waals surface area contributed by atoms with Gasteiger partial charge in [-0.05, 0) is 33.9 Å². The molecule has 0 amide bonds. The Balaban J connectivity index is 0. The summed E-state index contributed by atoms with van der Waals surface area (Å²) in [4.78, 5) is 13.2. The van der Waals surface area contributed by atoms with Crippen LogP contribution in [0.25, 0.3) is 0 Å². The van der Waals surface area contributed by atoms with Gasteiger partial charge in [-0.25, -0.2) is 0 Å². The molecule has 86 valence electrons. The molecular weight excluding hydrogens is 174 g/mol. The van der Waals surface area contributed by atoms with Crippen molar-refractivity contribution in [1.29, 1.82) is 0 Å². The standard InChI is InChI=1S/C10H21NO.C2H6/c1-5-10(12)7-6-8-11(4)9(2)3;1-2/h9H,5-8H2,1-4H3;1-2H3. The number of carbonyl (C=O) groups excluding carboxylic acids is 1. The van der Waals surface area contributed by atoms with Crippen LogP contribution in [0.4, 0.5) is 0 Å². The predicted molar refractivity (Wildman–Crippen MR) is 63.6 cm³/mol. The summed E-state index contributed by atoms with van der Waals surface area (Å²) in [5.74, 6) is 0.382. The first kappa shape index (κ1) is 16.1. The SMILES string of the molecule is CC.CCC(=O)CCCN(C)C(C)C. The second kappa shape index (κ2) is 10.7. The van der Waals surface area contributed by atoms with E-state index in [-0.39, 0.29) is 0 Å². The molecular formula is C12H27NO. The molecule has 0 saturated carbocycles. The molecule has 2 nitrogen and oxygen atoms in total. The fourth-order valence-electron chi connectivity index (χ4n) is 0.961. The molecule has 0 radical (unpaired) electrons. The summed E-state index contributed by atoms with van der Waals surface area (Å²) < 4.78 is 0. The quantitative estimate of drug-likeness (QED) is 0.658. The number of hydrogen-bond donors (Lipinski definition) is 0. The molecule has 0 fully saturated rings. The number of carbonyl (C=O) groups is 1. The van der Waals surface area contributed by atoms with Gasteiger partial charge in [0.2, 0.25) is 0 Å². The van der Waals surface area contributed by atoms with Gasteiger partial charge in [0.25, 0.3) is 0 Å². The smallest absolute Gasteiger partial charge is 0.132 e. The summed E-state index contributed by atoms with van der Waals surface area (Å²) in [5.41, 5.74) is 0. The van der Waals surface area contributed by atoms with Crippen LogP contribution in [0.5, 0.6) is 0 Å². The third-order valence-corrected chi connectivity index (χ3v) is 2.24. The fourth-order valence-corrected chi connectivity index (χ4v) is 0.961. The van der Waals surface area contributed by atoms with E-state index in [4.69, 9.17) is 0 Å². The van der Waals surface area contributed by atoms with Gasteiger partial charge in [-0.1, -0.05) is 20.8 Å². The molecule has 2 heteroatoms. The lowest BCUT2D eigenvalue weighted by Gasteiger charge is -2.20. The minimum absolute atomic E-state index is 0.382. The molecule has 0 aliphatic carbocycles. The van der Waals surface area contributed by atoms with Crippen LogP contribution >= 0.6 is 0 Å². The van der Waals surface area contributed by atoms with Gasteiger partial charge in [0.1, 0.15) is 5.78 Å². The molecule has 0 aliphatic rings. The van der Waals surface area contributed by atoms with E-state index >= 15 is 0 Å². The minimum Gasteiger partial charge on any atom is -0.304 e. The van der Waals surface area contributed by atoms with E-state index in [1.165, 1.54) is 0 Å². The highest BCUT2D eigenvalue weighted by Crippen LogP contribution is 1.99. The number of rotatable bonds is 6. The molecule has 0 heterocycles. The van der Waals surface area contributed by atoms with Gasteiger partial charge in [0.05, 0.1) is 0 Å². The molecule has 0 atom stereocenters. The van der Waals surface area contributed by atoms with E-state index in [2.05, 4.69) is 25.8 Å². The normalized spacial score (nSPS) is 10.0. The average Bonchev–Trinajstić information content (AvgIpc) is 2.20. The largest absolute Gasteiger partial charge is 0.304 e. The Morgan fingerprint density at radius 1 is 1.29 bits per heavy atom. The zero-order valence-electron chi connectivity index (χ0n) is 10.8. The Morgan fingerprint density at radius 2 is 1.79 bits per heavy atom. The maximum Gasteiger partial charge on any atom is 0.132 e. The molecule has 0 aromatic carbocycles. The molecule has 0 aromatic heterocycles. The van der Waals surface area contributed by atoms with Crippen molar-refractivity contribution in [2.45, 2.75) is 59.9 Å². The first-order valence-corrected chi connectivity index (χ1v) is 5.79. The van der Waals surface area contributed by atoms with Gasteiger partial charge in [-0.15, -0.1) is 0 Å². The lowest BCUT2D eigenvalue weighted by atomic mass is 10.2. The van der Waals surface area contributed by atoms with Crippen LogP contribution < -0.4 is 0 Å². The Hall–Kier alpha value is -0.370. The number of ketones is 1. The minimum atomic E-state index is 0.382. The van der Waals surface area contributed by atoms with E-state index in [9.17, 15) is 4.79 Å². The van der Waals surface area contributed by atoms with Crippen LogP contribution in [0.15, 0.2) is 0 Å². The molecule has 14 heavy (non-hydrogen) atoms. The van der Waals surface area contributed by atoms with Crippen LogP contribution in [-0.2, 0) is 4.79 Å². The highest BCUT2D eigenvalue weighted by atomic mass is 16.1. The van der Waals surface area contributed by atoms with Crippen molar-refractivity contribution >= 4 is 5.78 Å². The summed E-state index contributed by atoms with van der Waals surface area (Å²) in [6, 6.07) is 0.585. The van der Waals surface area contributed by atoms with Crippen LogP contribution in [-0.4, -0.2) is 30.3 Å². The Bertz CT molecular complexity index is 132. The van der Waals surface area contributed by atoms with Crippen LogP contribution in [0.3, 0.4) is 0 Å². The lowest BCUT2D eigenvalue weighted by Crippen LogP contribution is -2.27. The highest BCUT2D eigenvalue weighted by molar-refractivity contribution is 5.77. The summed E-state index contributed by atoms with van der Waals surface area (Å²) in [6.07, 6.45) is 2.43. The van der Waals surface area contributed by atoms with E-state index in [1.54, 1.807) is 0 Å². The molecule has 0 saturated heterocycles. The first-order valence-electron chi connectivity index (χ1n) is 5.79. The van der Waals surface area contributed by atoms with Crippen molar-refractivity contribution in [1.82, 2.24) is 4.90 Å². The van der Waals surface area contributed by atoms with Gasteiger partial charge in [0.15, 0.2) is 0 Å². The first-order chi connectivity index (χ1) is 6.57. The van der Waals surface area contributed by atoms with E-state index in [1.807, 2.05) is 20.8 Å². The lowest BCUT2D eigenvalue weighted by molar-refractivity contribution is -0.118. The molecule has 0 aliphatic heterocycles. The van der Waals surface area contributed by atoms with Crippen molar-refractivity contribution in [3.8, 4) is 0 Å². The van der Waals surface area contributed by atoms with Gasteiger partial charge in [-0.3, -0.25) is 4.79 Å². The molecule has 0 N–H and O–H groups in total. The molecule has 0 aromatic rings. The van der Waals surface area contributed by atoms with E-state index < -0.39 is 0 Å². The Morgan fingerprint density at radius 3 is 2.14 bits per heavy atom. The van der Waals surface area contributed by atoms with Crippen molar-refractivity contribution in [2.75, 3.05) is 13.6 Å². The average molecular weight is 201 g/mol. The van der Waals surface area contributed by atoms with Gasteiger partial charge in [-0.2, -0.15) is 0 Å². The molecule has 0 unspecified atom stereocenters. The summed E-state index contributed by atoms with van der Waals surface area (Å²) >= 11 is 0. The number of nitrogens with zero attached hydrogens (tertiary/aromatic N) is 1. The fraction of sp³-hybridized carbons (Fsp3) is 0.917. The molecule has 0 rings (SSSR count). The van der Waals surface area contributed by atoms with Crippen molar-refractivity contribution in [3.05, 3.63) is 0 Å². The predicted octanol–water partition coefficient (Wildman–Crippen LogP) is 3.11. The van der Waals surface area contributed by atoms with E-state index in [0.717, 1.165) is 19.4 Å². The highest BCUT2D eigenvalue weighted by Gasteiger charge is 2.03. The van der Waals surface area contributed by atoms with Gasteiger partial charge >= 0.3 is 0 Å². The zero-order valence-corrected chi connectivity index (χ0v) is 10.8. The third kappa shape index (κ3) is 9.72. The monoisotopic (exact) mass is 201 g/mol. The number of Topliss-reactive ketones (excluding diaryl/α,β-unsaturated/α-hetero) is 1. The van der Waals surface area contributed by atoms with E-state index in [0.29, 0.717) is 18.2 Å². The van der Waals surface area contributed by atoms with Crippen LogP contribution in [0, 0.1) is 0 Å². The topological polar surface area (TPSA) is 20.3 Å². The Kier molecular flexibility index (Phi) is 12.3. The van der Waals surface area contributed by atoms with Crippen molar-refractivity contribution in [2.24, 2.45) is 0 Å². The van der Waals surface area contributed by atoms with Crippen molar-refractivity contribution in [3.63, 3.8) is 0 Å². The third-order valence-electron chi connectivity index (χ3n) is 2.24. The van der Waals surface area contributed by atoms with Crippen LogP contribution in [0.2, 0.25) is 0 Å². The number of hydrogen-bond acceptors (Lipinski definition) is 2. The summed E-state index contributed by atoms with van der Waals surface area (Å²) in [6.45, 7) is 11.3. The van der Waals surface area contributed by atoms with Crippen LogP contribution in [0.1, 0.15) is 53.9 Å². The van der Waals surface area contributed by atoms with Gasteiger partial charge in [0, 0.05) is 18.9 Å². The maximum absolute atomic E-state index is 10.9. The maximum atomic E-state index is 10.9. The Labute approximate surface area is 89.7 Å². The molecule has 0 bridgehead atoms. The second-order valence-electron chi connectivity index (χ2n) is 3.57. The zero-order chi connectivity index (χ0) is 11.6. The van der Waals surface area contributed by atoms with Gasteiger partial charge < -0.3 is 4.90 Å². The summed E-state index contributed by atoms with van der Waals surface area (Å²) in [5, 5.41) is 0. The summed E-state index contributed by atoms with van der Waals surface area (Å²) in [7, 11) is 2.10.